The summed E-state index contributed by atoms with van der Waals surface area (Å²) in [6.07, 6.45) is 3.22. The van der Waals surface area contributed by atoms with Crippen molar-refractivity contribution in [1.29, 1.82) is 0 Å². The van der Waals surface area contributed by atoms with E-state index in [9.17, 15) is 9.59 Å². The Labute approximate surface area is 105 Å². The molecule has 18 heavy (non-hydrogen) atoms. The number of rotatable bonds is 2. The molecule has 0 radical (unpaired) electrons. The fraction of sp³-hybridized carbons (Fsp3) is 0.125. The van der Waals surface area contributed by atoms with E-state index in [1.807, 2.05) is 5.32 Å². The van der Waals surface area contributed by atoms with Crippen molar-refractivity contribution in [1.82, 2.24) is 25.3 Å². The first-order valence-corrected chi connectivity index (χ1v) is 5.95. The van der Waals surface area contributed by atoms with Crippen molar-refractivity contribution in [3.05, 3.63) is 6.33 Å². The van der Waals surface area contributed by atoms with Gasteiger partial charge in [-0.2, -0.15) is 0 Å². The summed E-state index contributed by atoms with van der Waals surface area (Å²) in [4.78, 5) is 36.9. The Kier molecular flexibility index (Phi) is 3.28. The molecular weight excluding hydrogens is 258 g/mol. The summed E-state index contributed by atoms with van der Waals surface area (Å²) in [5, 5.41) is 4.71. The van der Waals surface area contributed by atoms with Crippen molar-refractivity contribution in [2.24, 2.45) is 5.73 Å². The monoisotopic (exact) mass is 267 g/mol. The minimum absolute atomic E-state index is 0.223. The summed E-state index contributed by atoms with van der Waals surface area (Å²) in [6.45, 7) is 0. The minimum atomic E-state index is -0.951. The lowest BCUT2D eigenvalue weighted by molar-refractivity contribution is 0.238. The van der Waals surface area contributed by atoms with Crippen LogP contribution in [0.25, 0.3) is 11.2 Å². The second kappa shape index (κ2) is 4.87. The molecule has 4 amide bonds. The van der Waals surface area contributed by atoms with Crippen LogP contribution in [0.4, 0.5) is 15.4 Å². The third kappa shape index (κ3) is 2.48. The van der Waals surface area contributed by atoms with E-state index >= 15 is 0 Å². The van der Waals surface area contributed by atoms with Gasteiger partial charge in [0.25, 0.3) is 0 Å². The van der Waals surface area contributed by atoms with Gasteiger partial charge in [-0.15, -0.1) is 0 Å². The number of carbonyl (C=O) groups is 2. The Morgan fingerprint density at radius 1 is 1.44 bits per heavy atom. The average molecular weight is 267 g/mol. The first-order valence-electron chi connectivity index (χ1n) is 4.72. The Balaban J connectivity index is 2.33. The molecule has 2 heterocycles. The minimum Gasteiger partial charge on any atom is -0.351 e. The molecule has 10 heteroatoms. The number of nitrogens with zero attached hydrogens (tertiary/aromatic N) is 3. The Bertz CT molecular complexity index is 611. The quantitative estimate of drug-likeness (QED) is 0.455. The van der Waals surface area contributed by atoms with E-state index in [-0.39, 0.29) is 5.82 Å². The molecule has 0 aliphatic rings. The van der Waals surface area contributed by atoms with E-state index in [2.05, 4.69) is 25.3 Å². The zero-order valence-electron chi connectivity index (χ0n) is 9.22. The van der Waals surface area contributed by atoms with E-state index < -0.39 is 12.1 Å². The molecule has 0 unspecified atom stereocenters. The predicted molar refractivity (Wildman–Crippen MR) is 65.2 cm³/mol. The number of anilines is 1. The molecule has 0 aliphatic carbocycles. The molecule has 2 aromatic rings. The number of aromatic nitrogens is 4. The van der Waals surface area contributed by atoms with Crippen molar-refractivity contribution in [2.75, 3.05) is 11.6 Å². The van der Waals surface area contributed by atoms with E-state index in [1.54, 1.807) is 6.26 Å². The van der Waals surface area contributed by atoms with E-state index in [4.69, 9.17) is 5.73 Å². The Morgan fingerprint density at radius 2 is 2.22 bits per heavy atom. The number of thioether (sulfide) groups is 1. The first-order chi connectivity index (χ1) is 8.60. The molecule has 0 spiro atoms. The maximum absolute atomic E-state index is 11.4. The third-order valence-corrected chi connectivity index (χ3v) is 2.46. The number of fused-ring (bicyclic) bond motifs is 1. The lowest BCUT2D eigenvalue weighted by Crippen LogP contribution is -2.38. The Hall–Kier alpha value is -2.36. The van der Waals surface area contributed by atoms with Crippen LogP contribution in [-0.4, -0.2) is 38.3 Å². The highest BCUT2D eigenvalue weighted by molar-refractivity contribution is 7.98. The standard InChI is InChI=1S/C8H9N7O2S/c1-18-8-13-4-3(10-2-11-4)5(14-8)12-7(17)15-6(9)16/h2H,1H3,(H5,9,10,11,12,13,14,15,16,17). The van der Waals surface area contributed by atoms with Gasteiger partial charge in [0, 0.05) is 0 Å². The molecule has 0 aromatic carbocycles. The summed E-state index contributed by atoms with van der Waals surface area (Å²) in [7, 11) is 0. The number of urea groups is 2. The highest BCUT2D eigenvalue weighted by Crippen LogP contribution is 2.20. The third-order valence-electron chi connectivity index (χ3n) is 1.92. The highest BCUT2D eigenvalue weighted by Gasteiger charge is 2.12. The summed E-state index contributed by atoms with van der Waals surface area (Å²) in [6, 6.07) is -1.73. The second-order valence-electron chi connectivity index (χ2n) is 3.10. The van der Waals surface area contributed by atoms with Gasteiger partial charge in [0.15, 0.2) is 16.6 Å². The van der Waals surface area contributed by atoms with E-state index in [0.717, 1.165) is 0 Å². The van der Waals surface area contributed by atoms with Gasteiger partial charge in [-0.3, -0.25) is 10.6 Å². The number of nitrogens with one attached hydrogen (secondary N) is 3. The summed E-state index contributed by atoms with van der Waals surface area (Å²) in [5.74, 6) is 0.223. The number of hydrogen-bond donors (Lipinski definition) is 4. The maximum atomic E-state index is 11.4. The number of primary amides is 1. The number of nitrogens with two attached hydrogens (primary N) is 1. The second-order valence-corrected chi connectivity index (χ2v) is 3.88. The van der Waals surface area contributed by atoms with Gasteiger partial charge in [0.2, 0.25) is 0 Å². The molecule has 94 valence electrons. The van der Waals surface area contributed by atoms with Crippen LogP contribution in [0, 0.1) is 0 Å². The fourth-order valence-corrected chi connectivity index (χ4v) is 1.61. The van der Waals surface area contributed by atoms with Crippen LogP contribution in [-0.2, 0) is 0 Å². The molecular formula is C8H9N7O2S. The van der Waals surface area contributed by atoms with Crippen molar-refractivity contribution in [2.45, 2.75) is 5.16 Å². The van der Waals surface area contributed by atoms with E-state index in [0.29, 0.717) is 16.3 Å². The molecule has 0 atom stereocenters. The van der Waals surface area contributed by atoms with Crippen LogP contribution in [0.5, 0.6) is 0 Å². The molecule has 5 N–H and O–H groups in total. The van der Waals surface area contributed by atoms with Crippen LogP contribution in [0.15, 0.2) is 11.5 Å². The molecule has 2 aromatic heterocycles. The lowest BCUT2D eigenvalue weighted by atomic mass is 10.5. The van der Waals surface area contributed by atoms with Crippen molar-refractivity contribution in [3.8, 4) is 0 Å². The number of imide groups is 1. The van der Waals surface area contributed by atoms with Gasteiger partial charge in [0.05, 0.1) is 6.33 Å². The average Bonchev–Trinajstić information content (AvgIpc) is 2.75. The molecule has 0 bridgehead atoms. The molecule has 0 saturated carbocycles. The van der Waals surface area contributed by atoms with E-state index in [1.165, 1.54) is 18.1 Å². The maximum Gasteiger partial charge on any atom is 0.328 e. The van der Waals surface area contributed by atoms with Crippen molar-refractivity contribution >= 4 is 40.8 Å². The molecule has 2 rings (SSSR count). The topological polar surface area (TPSA) is 139 Å². The first kappa shape index (κ1) is 12.1. The van der Waals surface area contributed by atoms with Gasteiger partial charge in [-0.1, -0.05) is 11.8 Å². The van der Waals surface area contributed by atoms with Gasteiger partial charge in [-0.05, 0) is 6.26 Å². The Morgan fingerprint density at radius 3 is 2.89 bits per heavy atom. The predicted octanol–water partition coefficient (Wildman–Crippen LogP) is 0.275. The number of aromatic amines is 1. The zero-order valence-corrected chi connectivity index (χ0v) is 10.0. The van der Waals surface area contributed by atoms with Gasteiger partial charge in [0.1, 0.15) is 5.52 Å². The largest absolute Gasteiger partial charge is 0.351 e. The van der Waals surface area contributed by atoms with Crippen molar-refractivity contribution < 1.29 is 9.59 Å². The molecule has 0 fully saturated rings. The lowest BCUT2D eigenvalue weighted by Gasteiger charge is -2.05. The number of carbonyl (C=O) groups excluding carboxylic acids is 2. The molecule has 0 aliphatic heterocycles. The number of H-pyrrole nitrogens is 1. The summed E-state index contributed by atoms with van der Waals surface area (Å²) < 4.78 is 0. The molecule has 0 saturated heterocycles. The van der Waals surface area contributed by atoms with Crippen LogP contribution >= 0.6 is 11.8 Å². The van der Waals surface area contributed by atoms with Gasteiger partial charge in [-0.25, -0.2) is 24.5 Å². The van der Waals surface area contributed by atoms with Crippen LogP contribution in [0.3, 0.4) is 0 Å². The molecule has 9 nitrogen and oxygen atoms in total. The number of hydrogen-bond acceptors (Lipinski definition) is 6. The van der Waals surface area contributed by atoms with Crippen LogP contribution in [0.2, 0.25) is 0 Å². The smallest absolute Gasteiger partial charge is 0.328 e. The zero-order chi connectivity index (χ0) is 13.1. The summed E-state index contributed by atoms with van der Waals surface area (Å²) >= 11 is 1.30. The normalized spacial score (nSPS) is 10.3. The van der Waals surface area contributed by atoms with Crippen molar-refractivity contribution in [3.63, 3.8) is 0 Å². The SMILES string of the molecule is CSc1nc(NC(=O)NC(N)=O)c2[nH]cnc2n1. The fourth-order valence-electron chi connectivity index (χ4n) is 1.25. The number of amides is 4. The van der Waals surface area contributed by atoms with Gasteiger partial charge < -0.3 is 10.7 Å². The highest BCUT2D eigenvalue weighted by atomic mass is 32.2. The van der Waals surface area contributed by atoms with Gasteiger partial charge >= 0.3 is 12.1 Å². The van der Waals surface area contributed by atoms with Crippen LogP contribution in [0.1, 0.15) is 0 Å². The number of imidazole rings is 1. The van der Waals surface area contributed by atoms with Crippen LogP contribution < -0.4 is 16.4 Å². The summed E-state index contributed by atoms with van der Waals surface area (Å²) in [5.41, 5.74) is 5.71.